The lowest BCUT2D eigenvalue weighted by Crippen LogP contribution is -2.60. The molecule has 0 unspecified atom stereocenters. The monoisotopic (exact) mass is 375 g/mol. The van der Waals surface area contributed by atoms with Gasteiger partial charge in [-0.25, -0.2) is 9.97 Å². The molecule has 0 bridgehead atoms. The van der Waals surface area contributed by atoms with E-state index < -0.39 is 37.3 Å². The van der Waals surface area contributed by atoms with Crippen LogP contribution >= 0.6 is 11.8 Å². The molecule has 2 heterocycles. The molecular weight excluding hydrogens is 354 g/mol. The summed E-state index contributed by atoms with van der Waals surface area (Å²) in [5, 5.41) is 45.0. The minimum Gasteiger partial charge on any atom is -0.394 e. The smallest absolute Gasteiger partial charge is 0.192 e. The molecule has 1 fully saturated rings. The van der Waals surface area contributed by atoms with E-state index in [4.69, 9.17) is 4.74 Å². The van der Waals surface area contributed by atoms with Crippen molar-refractivity contribution in [2.24, 2.45) is 5.18 Å². The molecule has 5 atom stereocenters. The van der Waals surface area contributed by atoms with Gasteiger partial charge >= 0.3 is 0 Å². The maximum absolute atomic E-state index is 11.3. The van der Waals surface area contributed by atoms with Crippen LogP contribution in [0.4, 0.5) is 17.3 Å². The second-order valence-corrected chi connectivity index (χ2v) is 6.38. The maximum Gasteiger partial charge on any atom is 0.192 e. The standard InChI is InChI=1S/C13H21N5O6S/c1-18(2)11-6(17-23)10(15-13(16-11)25-3)14-12-9(22)8(21)7(20)5(4-19)24-12/h5,7-9,12,19-22H,4H2,1-3H3,(H,14,15,16)/t5-,7-,8+,9-,12-/m1/s1. The number of thioether (sulfide) groups is 1. The van der Waals surface area contributed by atoms with E-state index in [1.165, 1.54) is 11.8 Å². The Morgan fingerprint density at radius 2 is 1.92 bits per heavy atom. The van der Waals surface area contributed by atoms with Gasteiger partial charge in [0.15, 0.2) is 28.7 Å². The van der Waals surface area contributed by atoms with Crippen molar-refractivity contribution >= 4 is 29.1 Å². The van der Waals surface area contributed by atoms with Gasteiger partial charge in [0.2, 0.25) is 0 Å². The van der Waals surface area contributed by atoms with Crippen LogP contribution in [0.25, 0.3) is 0 Å². The van der Waals surface area contributed by atoms with E-state index in [2.05, 4.69) is 20.5 Å². The van der Waals surface area contributed by atoms with Crippen molar-refractivity contribution < 1.29 is 25.2 Å². The number of nitrogens with zero attached hydrogens (tertiary/aromatic N) is 4. The van der Waals surface area contributed by atoms with Crippen LogP contribution in [0.15, 0.2) is 10.3 Å². The van der Waals surface area contributed by atoms with E-state index in [9.17, 15) is 25.3 Å². The maximum atomic E-state index is 11.3. The third-order valence-corrected chi connectivity index (χ3v) is 4.26. The lowest BCUT2D eigenvalue weighted by atomic mass is 9.98. The Kier molecular flexibility index (Phi) is 6.48. The first-order valence-corrected chi connectivity index (χ1v) is 8.60. The van der Waals surface area contributed by atoms with E-state index >= 15 is 0 Å². The number of ether oxygens (including phenoxy) is 1. The number of hydrogen-bond donors (Lipinski definition) is 5. The molecule has 0 spiro atoms. The van der Waals surface area contributed by atoms with Crippen LogP contribution in [0.1, 0.15) is 0 Å². The summed E-state index contributed by atoms with van der Waals surface area (Å²) in [4.78, 5) is 21.2. The SMILES string of the molecule is CSc1nc(N[C@@H]2O[C@H](CO)[C@@H](O)[C@H](O)[C@H]2O)c(N=O)c(N(C)C)n1. The fourth-order valence-corrected chi connectivity index (χ4v) is 2.73. The molecule has 1 aliphatic rings. The number of hydrogen-bond acceptors (Lipinski definition) is 12. The summed E-state index contributed by atoms with van der Waals surface area (Å²) >= 11 is 1.24. The summed E-state index contributed by atoms with van der Waals surface area (Å²) in [6, 6.07) is 0. The van der Waals surface area contributed by atoms with Gasteiger partial charge in [-0.15, -0.1) is 4.91 Å². The highest BCUT2D eigenvalue weighted by molar-refractivity contribution is 7.98. The van der Waals surface area contributed by atoms with Crippen LogP contribution in [-0.4, -0.2) is 88.0 Å². The summed E-state index contributed by atoms with van der Waals surface area (Å²) in [6.45, 7) is -0.565. The first kappa shape index (κ1) is 19.8. The number of nitrogens with one attached hydrogen (secondary N) is 1. The van der Waals surface area contributed by atoms with Crippen molar-refractivity contribution in [3.8, 4) is 0 Å². The number of aromatic nitrogens is 2. The Balaban J connectivity index is 2.38. The van der Waals surface area contributed by atoms with E-state index in [1.54, 1.807) is 25.3 Å². The molecule has 0 aromatic carbocycles. The summed E-state index contributed by atoms with van der Waals surface area (Å²) in [7, 11) is 3.36. The van der Waals surface area contributed by atoms with Gasteiger partial charge in [-0.1, -0.05) is 11.8 Å². The van der Waals surface area contributed by atoms with Crippen LogP contribution in [0.2, 0.25) is 0 Å². The molecule has 0 amide bonds. The Labute approximate surface area is 148 Å². The van der Waals surface area contributed by atoms with Crippen molar-refractivity contribution in [3.63, 3.8) is 0 Å². The molecule has 5 N–H and O–H groups in total. The molecule has 0 saturated carbocycles. The minimum atomic E-state index is -1.55. The summed E-state index contributed by atoms with van der Waals surface area (Å²) in [5.74, 6) is 0.267. The second-order valence-electron chi connectivity index (χ2n) is 5.61. The zero-order valence-corrected chi connectivity index (χ0v) is 14.7. The molecule has 1 aromatic rings. The van der Waals surface area contributed by atoms with Gasteiger partial charge in [-0.2, -0.15) is 0 Å². The third kappa shape index (κ3) is 3.99. The van der Waals surface area contributed by atoms with Gasteiger partial charge in [-0.3, -0.25) is 0 Å². The highest BCUT2D eigenvalue weighted by Gasteiger charge is 2.44. The zero-order chi connectivity index (χ0) is 18.7. The predicted octanol–water partition coefficient (Wildman–Crippen LogP) is -1.13. The zero-order valence-electron chi connectivity index (χ0n) is 13.9. The van der Waals surface area contributed by atoms with E-state index in [1.807, 2.05) is 0 Å². The molecular formula is C13H21N5O6S. The molecule has 12 heteroatoms. The van der Waals surface area contributed by atoms with Crippen molar-refractivity contribution in [3.05, 3.63) is 4.91 Å². The Morgan fingerprint density at radius 3 is 2.44 bits per heavy atom. The third-order valence-electron chi connectivity index (χ3n) is 3.71. The molecule has 0 aliphatic carbocycles. The molecule has 1 saturated heterocycles. The van der Waals surface area contributed by atoms with Crippen molar-refractivity contribution in [1.29, 1.82) is 0 Å². The number of rotatable bonds is 6. The van der Waals surface area contributed by atoms with Crippen molar-refractivity contribution in [2.45, 2.75) is 35.8 Å². The Hall–Kier alpha value is -1.57. The topological polar surface area (TPSA) is 161 Å². The van der Waals surface area contributed by atoms with Gasteiger partial charge in [0.25, 0.3) is 0 Å². The van der Waals surface area contributed by atoms with Gasteiger partial charge in [0.05, 0.1) is 6.61 Å². The summed E-state index contributed by atoms with van der Waals surface area (Å²) in [6.07, 6.45) is -5.11. The van der Waals surface area contributed by atoms with E-state index in [0.717, 1.165) is 0 Å². The van der Waals surface area contributed by atoms with E-state index in [0.29, 0.717) is 5.16 Å². The fourth-order valence-electron chi connectivity index (χ4n) is 2.37. The van der Waals surface area contributed by atoms with Gasteiger partial charge in [0.1, 0.15) is 24.4 Å². The number of nitroso groups, excluding NO2 is 1. The van der Waals surface area contributed by atoms with Gasteiger partial charge in [0, 0.05) is 14.1 Å². The molecule has 2 rings (SSSR count). The number of aliphatic hydroxyl groups is 4. The van der Waals surface area contributed by atoms with Gasteiger partial charge in [-0.05, 0) is 11.4 Å². The lowest BCUT2D eigenvalue weighted by molar-refractivity contribution is -0.221. The van der Waals surface area contributed by atoms with Crippen LogP contribution in [-0.2, 0) is 4.74 Å². The first-order valence-electron chi connectivity index (χ1n) is 7.37. The molecule has 1 aliphatic heterocycles. The Bertz CT molecular complexity index is 619. The second kappa shape index (κ2) is 8.21. The fraction of sp³-hybridized carbons (Fsp3) is 0.692. The van der Waals surface area contributed by atoms with Crippen LogP contribution in [0.3, 0.4) is 0 Å². The normalized spacial score (nSPS) is 29.3. The molecule has 1 aromatic heterocycles. The van der Waals surface area contributed by atoms with E-state index in [-0.39, 0.29) is 17.3 Å². The summed E-state index contributed by atoms with van der Waals surface area (Å²) in [5.41, 5.74) is -0.0974. The quantitative estimate of drug-likeness (QED) is 0.232. The molecule has 25 heavy (non-hydrogen) atoms. The van der Waals surface area contributed by atoms with Crippen LogP contribution < -0.4 is 10.2 Å². The molecule has 11 nitrogen and oxygen atoms in total. The number of aliphatic hydroxyl groups excluding tert-OH is 4. The molecule has 0 radical (unpaired) electrons. The summed E-state index contributed by atoms with van der Waals surface area (Å²) < 4.78 is 5.36. The van der Waals surface area contributed by atoms with Crippen LogP contribution in [0, 0.1) is 4.91 Å². The van der Waals surface area contributed by atoms with Crippen molar-refractivity contribution in [2.75, 3.05) is 37.2 Å². The number of anilines is 2. The average Bonchev–Trinajstić information content (AvgIpc) is 2.61. The molecule has 140 valence electrons. The minimum absolute atomic E-state index is 0.00220. The highest BCUT2D eigenvalue weighted by Crippen LogP contribution is 2.35. The van der Waals surface area contributed by atoms with Crippen molar-refractivity contribution in [1.82, 2.24) is 9.97 Å². The Morgan fingerprint density at radius 1 is 1.24 bits per heavy atom. The first-order chi connectivity index (χ1) is 11.8. The predicted molar refractivity (Wildman–Crippen MR) is 91.0 cm³/mol. The highest BCUT2D eigenvalue weighted by atomic mass is 32.2. The van der Waals surface area contributed by atoms with Gasteiger partial charge < -0.3 is 35.4 Å². The lowest BCUT2D eigenvalue weighted by Gasteiger charge is -2.40. The largest absolute Gasteiger partial charge is 0.394 e. The average molecular weight is 375 g/mol. The van der Waals surface area contributed by atoms with Crippen LogP contribution in [0.5, 0.6) is 0 Å².